The largest absolute Gasteiger partial charge is 0.496 e. The Bertz CT molecular complexity index is 683. The van der Waals surface area contributed by atoms with Crippen LogP contribution in [0, 0.1) is 6.92 Å². The van der Waals surface area contributed by atoms with Crippen molar-refractivity contribution < 1.29 is 22.7 Å². The summed E-state index contributed by atoms with van der Waals surface area (Å²) in [5, 5.41) is 1.56. The van der Waals surface area contributed by atoms with Gasteiger partial charge in [0, 0.05) is 12.1 Å². The maximum atomic E-state index is 12.6. The molecular weight excluding hydrogens is 317 g/mol. The van der Waals surface area contributed by atoms with Crippen molar-refractivity contribution in [2.24, 2.45) is 0 Å². The van der Waals surface area contributed by atoms with E-state index in [9.17, 15) is 18.0 Å². The summed E-state index contributed by atoms with van der Waals surface area (Å²) in [6.07, 6.45) is -4.55. The summed E-state index contributed by atoms with van der Waals surface area (Å²) in [6.45, 7) is 1.53. The molecule has 1 amide bonds. The number of methoxy groups -OCH3 is 1. The van der Waals surface area contributed by atoms with E-state index in [4.69, 9.17) is 4.74 Å². The summed E-state index contributed by atoms with van der Waals surface area (Å²) in [6, 6.07) is 7.07. The third-order valence-corrected chi connectivity index (χ3v) is 4.08. The van der Waals surface area contributed by atoms with Gasteiger partial charge in [0.25, 0.3) is 5.91 Å². The first-order valence-corrected chi connectivity index (χ1v) is 7.09. The number of hydrogen-bond acceptors (Lipinski definition) is 4. The summed E-state index contributed by atoms with van der Waals surface area (Å²) < 4.78 is 42.9. The number of halogens is 3. The van der Waals surface area contributed by atoms with E-state index in [-0.39, 0.29) is 17.1 Å². The highest BCUT2D eigenvalue weighted by molar-refractivity contribution is 7.13. The molecule has 2 rings (SSSR count). The number of para-hydroxylation sites is 1. The van der Waals surface area contributed by atoms with Crippen LogP contribution in [-0.2, 0) is 12.7 Å². The van der Waals surface area contributed by atoms with E-state index in [1.54, 1.807) is 24.3 Å². The molecule has 0 unspecified atom stereocenters. The lowest BCUT2D eigenvalue weighted by atomic mass is 10.2. The Hall–Kier alpha value is -2.09. The van der Waals surface area contributed by atoms with E-state index in [2.05, 4.69) is 10.3 Å². The van der Waals surface area contributed by atoms with Crippen LogP contribution in [0.15, 0.2) is 24.3 Å². The number of thiazole rings is 1. The van der Waals surface area contributed by atoms with Crippen LogP contribution in [0.25, 0.3) is 0 Å². The number of carbonyl (C=O) groups excluding carboxylic acids is 1. The van der Waals surface area contributed by atoms with Crippen LogP contribution in [0.2, 0.25) is 0 Å². The highest BCUT2D eigenvalue weighted by atomic mass is 32.1. The number of ether oxygens (including phenoxy) is 1. The van der Waals surface area contributed by atoms with Gasteiger partial charge in [-0.3, -0.25) is 4.79 Å². The Morgan fingerprint density at radius 3 is 2.64 bits per heavy atom. The quantitative estimate of drug-likeness (QED) is 0.935. The Labute approximate surface area is 128 Å². The summed E-state index contributed by atoms with van der Waals surface area (Å²) in [4.78, 5) is 15.4. The lowest BCUT2D eigenvalue weighted by Crippen LogP contribution is -2.22. The highest BCUT2D eigenvalue weighted by Gasteiger charge is 2.36. The number of benzene rings is 1. The van der Waals surface area contributed by atoms with Gasteiger partial charge in [-0.05, 0) is 13.0 Å². The van der Waals surface area contributed by atoms with Crippen LogP contribution in [-0.4, -0.2) is 18.0 Å². The summed E-state index contributed by atoms with van der Waals surface area (Å²) in [7, 11) is 1.50. The van der Waals surface area contributed by atoms with Gasteiger partial charge in [-0.2, -0.15) is 13.2 Å². The van der Waals surface area contributed by atoms with Crippen LogP contribution < -0.4 is 10.1 Å². The van der Waals surface area contributed by atoms with Gasteiger partial charge in [-0.15, -0.1) is 11.3 Å². The molecule has 0 aliphatic carbocycles. The minimum Gasteiger partial charge on any atom is -0.496 e. The molecule has 2 aromatic rings. The molecule has 0 saturated heterocycles. The molecule has 4 nitrogen and oxygen atoms in total. The van der Waals surface area contributed by atoms with E-state index < -0.39 is 17.1 Å². The minimum absolute atomic E-state index is 0.0396. The first-order valence-electron chi connectivity index (χ1n) is 6.27. The number of aromatic nitrogens is 1. The third kappa shape index (κ3) is 3.56. The normalized spacial score (nSPS) is 11.3. The van der Waals surface area contributed by atoms with Gasteiger partial charge in [-0.25, -0.2) is 4.98 Å². The molecule has 8 heteroatoms. The van der Waals surface area contributed by atoms with E-state index in [0.717, 1.165) is 5.56 Å². The summed E-state index contributed by atoms with van der Waals surface area (Å²) >= 11 is 0.340. The van der Waals surface area contributed by atoms with Gasteiger partial charge < -0.3 is 10.1 Å². The molecular formula is C14H13F3N2O2S. The van der Waals surface area contributed by atoms with Crippen LogP contribution in [0.3, 0.4) is 0 Å². The lowest BCUT2D eigenvalue weighted by molar-refractivity contribution is -0.137. The molecule has 0 fully saturated rings. The van der Waals surface area contributed by atoms with Gasteiger partial charge in [0.2, 0.25) is 0 Å². The number of nitrogens with zero attached hydrogens (tertiary/aromatic N) is 1. The average Bonchev–Trinajstić information content (AvgIpc) is 2.87. The SMILES string of the molecule is COc1ccccc1CNC(=O)c1sc(C(F)(F)F)nc1C. The van der Waals surface area contributed by atoms with E-state index >= 15 is 0 Å². The molecule has 22 heavy (non-hydrogen) atoms. The van der Waals surface area contributed by atoms with E-state index in [1.807, 2.05) is 0 Å². The maximum absolute atomic E-state index is 12.6. The second-order valence-electron chi connectivity index (χ2n) is 4.43. The first-order chi connectivity index (χ1) is 10.3. The van der Waals surface area contributed by atoms with Crippen molar-refractivity contribution in [2.45, 2.75) is 19.6 Å². The first kappa shape index (κ1) is 16.3. The molecule has 1 heterocycles. The fraction of sp³-hybridized carbons (Fsp3) is 0.286. The number of amides is 1. The molecule has 1 aromatic carbocycles. The zero-order chi connectivity index (χ0) is 16.3. The van der Waals surface area contributed by atoms with E-state index in [1.165, 1.54) is 14.0 Å². The number of aryl methyl sites for hydroxylation is 1. The van der Waals surface area contributed by atoms with Crippen molar-refractivity contribution in [3.8, 4) is 5.75 Å². The number of rotatable bonds is 4. The topological polar surface area (TPSA) is 51.2 Å². The van der Waals surface area contributed by atoms with Crippen molar-refractivity contribution in [1.82, 2.24) is 10.3 Å². The van der Waals surface area contributed by atoms with Crippen LogP contribution in [0.4, 0.5) is 13.2 Å². The van der Waals surface area contributed by atoms with Gasteiger partial charge in [0.1, 0.15) is 10.6 Å². The predicted octanol–water partition coefficient (Wildman–Crippen LogP) is 3.41. The molecule has 0 saturated carbocycles. The van der Waals surface area contributed by atoms with Crippen molar-refractivity contribution >= 4 is 17.2 Å². The second-order valence-corrected chi connectivity index (χ2v) is 5.42. The van der Waals surface area contributed by atoms with Crippen molar-refractivity contribution in [3.63, 3.8) is 0 Å². The molecule has 0 aliphatic heterocycles. The van der Waals surface area contributed by atoms with Crippen LogP contribution in [0.5, 0.6) is 5.75 Å². The second kappa shape index (κ2) is 6.35. The lowest BCUT2D eigenvalue weighted by Gasteiger charge is -2.09. The Kier molecular flexibility index (Phi) is 4.70. The van der Waals surface area contributed by atoms with Crippen LogP contribution >= 0.6 is 11.3 Å². The number of hydrogen-bond donors (Lipinski definition) is 1. The molecule has 0 atom stereocenters. The fourth-order valence-corrected chi connectivity index (χ4v) is 2.68. The minimum atomic E-state index is -4.55. The van der Waals surface area contributed by atoms with Crippen molar-refractivity contribution in [2.75, 3.05) is 7.11 Å². The zero-order valence-electron chi connectivity index (χ0n) is 11.8. The molecule has 0 radical (unpaired) electrons. The molecule has 0 bridgehead atoms. The summed E-state index contributed by atoms with van der Waals surface area (Å²) in [5.41, 5.74) is 0.798. The monoisotopic (exact) mass is 330 g/mol. The third-order valence-electron chi connectivity index (χ3n) is 2.88. The fourth-order valence-electron chi connectivity index (χ4n) is 1.83. The Morgan fingerprint density at radius 2 is 2.05 bits per heavy atom. The standard InChI is InChI=1S/C14H13F3N2O2S/c1-8-11(22-13(19-8)14(15,16)17)12(20)18-7-9-5-3-4-6-10(9)21-2/h3-6H,7H2,1-2H3,(H,18,20). The molecule has 1 N–H and O–H groups in total. The van der Waals surface area contributed by atoms with Gasteiger partial charge in [-0.1, -0.05) is 18.2 Å². The molecule has 1 aromatic heterocycles. The van der Waals surface area contributed by atoms with E-state index in [0.29, 0.717) is 17.1 Å². The zero-order valence-corrected chi connectivity index (χ0v) is 12.6. The van der Waals surface area contributed by atoms with Gasteiger partial charge >= 0.3 is 6.18 Å². The number of nitrogens with one attached hydrogen (secondary N) is 1. The van der Waals surface area contributed by atoms with Crippen molar-refractivity contribution in [1.29, 1.82) is 0 Å². The molecule has 0 spiro atoms. The Balaban J connectivity index is 2.11. The number of carbonyl (C=O) groups is 1. The summed E-state index contributed by atoms with van der Waals surface area (Å²) in [5.74, 6) is 0.0104. The Morgan fingerprint density at radius 1 is 1.36 bits per heavy atom. The smallest absolute Gasteiger partial charge is 0.443 e. The number of alkyl halides is 3. The predicted molar refractivity (Wildman–Crippen MR) is 76.0 cm³/mol. The highest BCUT2D eigenvalue weighted by Crippen LogP contribution is 2.34. The van der Waals surface area contributed by atoms with Gasteiger partial charge in [0.05, 0.1) is 12.8 Å². The average molecular weight is 330 g/mol. The van der Waals surface area contributed by atoms with Crippen molar-refractivity contribution in [3.05, 3.63) is 45.4 Å². The van der Waals surface area contributed by atoms with Crippen LogP contribution in [0.1, 0.15) is 25.9 Å². The maximum Gasteiger partial charge on any atom is 0.443 e. The molecule has 0 aliphatic rings. The van der Waals surface area contributed by atoms with Gasteiger partial charge in [0.15, 0.2) is 5.01 Å². The molecule has 118 valence electrons.